The molecule has 0 unspecified atom stereocenters. The Labute approximate surface area is 113 Å². The minimum Gasteiger partial charge on any atom is -0.467 e. The van der Waals surface area contributed by atoms with Gasteiger partial charge in [-0.25, -0.2) is 4.79 Å². The number of aliphatic hydroxyl groups excluding tert-OH is 1. The van der Waals surface area contributed by atoms with Crippen molar-refractivity contribution in [1.29, 1.82) is 0 Å². The summed E-state index contributed by atoms with van der Waals surface area (Å²) in [4.78, 5) is 12.9. The van der Waals surface area contributed by atoms with Crippen molar-refractivity contribution >= 4 is 6.09 Å². The van der Waals surface area contributed by atoms with Crippen molar-refractivity contribution in [2.45, 2.75) is 33.7 Å². The molecule has 0 bridgehead atoms. The van der Waals surface area contributed by atoms with Crippen molar-refractivity contribution in [3.63, 3.8) is 0 Å². The van der Waals surface area contributed by atoms with Gasteiger partial charge in [-0.2, -0.15) is 0 Å². The monoisotopic (exact) mass is 269 g/mol. The summed E-state index contributed by atoms with van der Waals surface area (Å²) in [5, 5.41) is 18.8. The molecule has 1 aromatic rings. The Bertz CT molecular complexity index is 394. The summed E-state index contributed by atoms with van der Waals surface area (Å²) in [6.45, 7) is 8.02. The molecule has 0 aliphatic carbocycles. The molecular formula is C14H23NO4. The van der Waals surface area contributed by atoms with E-state index in [1.807, 2.05) is 27.7 Å². The Hall–Kier alpha value is -1.49. The van der Waals surface area contributed by atoms with Gasteiger partial charge in [-0.05, 0) is 17.5 Å². The van der Waals surface area contributed by atoms with Gasteiger partial charge in [0.2, 0.25) is 0 Å². The van der Waals surface area contributed by atoms with Gasteiger partial charge >= 0.3 is 6.09 Å². The number of nitrogens with zero attached hydrogens (tertiary/aromatic N) is 1. The van der Waals surface area contributed by atoms with Crippen molar-refractivity contribution in [3.8, 4) is 0 Å². The van der Waals surface area contributed by atoms with Crippen LogP contribution in [-0.2, 0) is 0 Å². The van der Waals surface area contributed by atoms with Crippen LogP contribution in [0.15, 0.2) is 22.8 Å². The maximum Gasteiger partial charge on any atom is 0.407 e. The molecule has 2 N–H and O–H groups in total. The number of amides is 1. The molecule has 5 nitrogen and oxygen atoms in total. The highest BCUT2D eigenvalue weighted by Gasteiger charge is 2.34. The van der Waals surface area contributed by atoms with E-state index in [2.05, 4.69) is 0 Å². The van der Waals surface area contributed by atoms with Crippen LogP contribution in [0, 0.1) is 11.3 Å². The number of furan rings is 1. The molecule has 0 aliphatic rings. The number of hydrogen-bond acceptors (Lipinski definition) is 3. The van der Waals surface area contributed by atoms with Crippen molar-refractivity contribution in [1.82, 2.24) is 4.90 Å². The molecule has 1 aromatic heterocycles. The maximum absolute atomic E-state index is 11.5. The second-order valence-electron chi connectivity index (χ2n) is 6.09. The second kappa shape index (κ2) is 6.10. The first-order valence-electron chi connectivity index (χ1n) is 6.40. The average Bonchev–Trinajstić information content (AvgIpc) is 2.79. The Balaban J connectivity index is 3.08. The van der Waals surface area contributed by atoms with Gasteiger partial charge in [-0.1, -0.05) is 27.7 Å². The van der Waals surface area contributed by atoms with Crippen LogP contribution in [0.25, 0.3) is 0 Å². The number of rotatable bonds is 5. The van der Waals surface area contributed by atoms with Gasteiger partial charge in [0.1, 0.15) is 5.76 Å². The zero-order chi connectivity index (χ0) is 14.6. The summed E-state index contributed by atoms with van der Waals surface area (Å²) in [7, 11) is 0. The van der Waals surface area contributed by atoms with Crippen LogP contribution < -0.4 is 0 Å². The van der Waals surface area contributed by atoms with Gasteiger partial charge in [-0.3, -0.25) is 4.90 Å². The van der Waals surface area contributed by atoms with Gasteiger partial charge in [0.25, 0.3) is 0 Å². The molecule has 0 saturated heterocycles. The highest BCUT2D eigenvalue weighted by Crippen LogP contribution is 2.31. The van der Waals surface area contributed by atoms with Crippen LogP contribution in [0.4, 0.5) is 4.79 Å². The van der Waals surface area contributed by atoms with Crippen molar-refractivity contribution in [2.24, 2.45) is 11.3 Å². The fourth-order valence-electron chi connectivity index (χ4n) is 2.10. The molecule has 1 rings (SSSR count). The SMILES string of the molecule is C[C@H](CO)[C@@H](c1ccco1)N(CC(C)(C)C)C(=O)O. The molecule has 108 valence electrons. The lowest BCUT2D eigenvalue weighted by atomic mass is 9.92. The van der Waals surface area contributed by atoms with Gasteiger partial charge in [0.05, 0.1) is 12.3 Å². The van der Waals surface area contributed by atoms with Gasteiger partial charge in [0.15, 0.2) is 0 Å². The third-order valence-electron chi connectivity index (χ3n) is 2.89. The summed E-state index contributed by atoms with van der Waals surface area (Å²) in [6.07, 6.45) is 0.514. The summed E-state index contributed by atoms with van der Waals surface area (Å²) in [5.74, 6) is 0.331. The molecule has 0 aliphatic heterocycles. The molecule has 2 atom stereocenters. The smallest absolute Gasteiger partial charge is 0.407 e. The summed E-state index contributed by atoms with van der Waals surface area (Å²) in [5.41, 5.74) is -0.168. The highest BCUT2D eigenvalue weighted by atomic mass is 16.4. The van der Waals surface area contributed by atoms with E-state index in [1.165, 1.54) is 11.2 Å². The van der Waals surface area contributed by atoms with E-state index < -0.39 is 12.1 Å². The van der Waals surface area contributed by atoms with Gasteiger partial charge in [-0.15, -0.1) is 0 Å². The number of hydrogen-bond donors (Lipinski definition) is 2. The summed E-state index contributed by atoms with van der Waals surface area (Å²) in [6, 6.07) is 3.00. The van der Waals surface area contributed by atoms with E-state index in [1.54, 1.807) is 12.1 Å². The molecule has 0 spiro atoms. The number of aliphatic hydroxyl groups is 1. The first kappa shape index (κ1) is 15.6. The lowest BCUT2D eigenvalue weighted by Crippen LogP contribution is -2.42. The largest absolute Gasteiger partial charge is 0.467 e. The van der Waals surface area contributed by atoms with Crippen LogP contribution in [0.1, 0.15) is 39.5 Å². The third kappa shape index (κ3) is 4.28. The summed E-state index contributed by atoms with van der Waals surface area (Å²) < 4.78 is 5.35. The molecule has 0 fully saturated rings. The van der Waals surface area contributed by atoms with Crippen LogP contribution in [0.2, 0.25) is 0 Å². The topological polar surface area (TPSA) is 73.9 Å². The van der Waals surface area contributed by atoms with Gasteiger partial charge in [0, 0.05) is 19.1 Å². The Morgan fingerprint density at radius 3 is 2.47 bits per heavy atom. The highest BCUT2D eigenvalue weighted by molar-refractivity contribution is 5.65. The van der Waals surface area contributed by atoms with Crippen molar-refractivity contribution in [2.75, 3.05) is 13.2 Å². The molecule has 1 amide bonds. The molecule has 19 heavy (non-hydrogen) atoms. The van der Waals surface area contributed by atoms with E-state index in [9.17, 15) is 15.0 Å². The normalized spacial score (nSPS) is 15.0. The molecular weight excluding hydrogens is 246 g/mol. The number of carbonyl (C=O) groups is 1. The van der Waals surface area contributed by atoms with Crippen LogP contribution in [-0.4, -0.2) is 34.4 Å². The average molecular weight is 269 g/mol. The first-order valence-corrected chi connectivity index (χ1v) is 6.40. The number of carboxylic acid groups (broad SMARTS) is 1. The third-order valence-corrected chi connectivity index (χ3v) is 2.89. The molecule has 0 saturated carbocycles. The van der Waals surface area contributed by atoms with Crippen LogP contribution in [0.5, 0.6) is 0 Å². The van der Waals surface area contributed by atoms with Crippen LogP contribution in [0.3, 0.4) is 0 Å². The van der Waals surface area contributed by atoms with E-state index in [0.29, 0.717) is 12.3 Å². The Morgan fingerprint density at radius 1 is 1.47 bits per heavy atom. The zero-order valence-corrected chi connectivity index (χ0v) is 12.0. The van der Waals surface area contributed by atoms with Crippen molar-refractivity contribution < 1.29 is 19.4 Å². The van der Waals surface area contributed by atoms with E-state index in [4.69, 9.17) is 4.42 Å². The van der Waals surface area contributed by atoms with E-state index in [-0.39, 0.29) is 17.9 Å². The minimum atomic E-state index is -1.00. The fraction of sp³-hybridized carbons (Fsp3) is 0.643. The lowest BCUT2D eigenvalue weighted by Gasteiger charge is -2.35. The van der Waals surface area contributed by atoms with Crippen molar-refractivity contribution in [3.05, 3.63) is 24.2 Å². The molecule has 1 heterocycles. The molecule has 5 heteroatoms. The van der Waals surface area contributed by atoms with Gasteiger partial charge < -0.3 is 14.6 Å². The lowest BCUT2D eigenvalue weighted by molar-refractivity contribution is 0.0593. The first-order chi connectivity index (χ1) is 8.76. The maximum atomic E-state index is 11.5. The predicted molar refractivity (Wildman–Crippen MR) is 71.9 cm³/mol. The van der Waals surface area contributed by atoms with E-state index in [0.717, 1.165) is 0 Å². The quantitative estimate of drug-likeness (QED) is 0.861. The summed E-state index contributed by atoms with van der Waals surface area (Å²) >= 11 is 0. The Morgan fingerprint density at radius 2 is 2.11 bits per heavy atom. The minimum absolute atomic E-state index is 0.0979. The molecule has 0 radical (unpaired) electrons. The Kier molecular flexibility index (Phi) is 5.00. The van der Waals surface area contributed by atoms with E-state index >= 15 is 0 Å². The fourth-order valence-corrected chi connectivity index (χ4v) is 2.10. The molecule has 0 aromatic carbocycles. The standard InChI is InChI=1S/C14H23NO4/c1-10(8-16)12(11-6-5-7-19-11)15(13(17)18)9-14(2,3)4/h5-7,10,12,16H,8-9H2,1-4H3,(H,17,18)/t10-,12+/m1/s1. The second-order valence-corrected chi connectivity index (χ2v) is 6.09. The predicted octanol–water partition coefficient (Wildman–Crippen LogP) is 2.98. The zero-order valence-electron chi connectivity index (χ0n) is 12.0. The van der Waals surface area contributed by atoms with Crippen LogP contribution >= 0.6 is 0 Å².